The summed E-state index contributed by atoms with van der Waals surface area (Å²) in [5.41, 5.74) is 10.9. The molecule has 0 aliphatic carbocycles. The van der Waals surface area contributed by atoms with E-state index < -0.39 is 0 Å². The van der Waals surface area contributed by atoms with Crippen LogP contribution in [0.15, 0.2) is 24.4 Å². The summed E-state index contributed by atoms with van der Waals surface area (Å²) in [7, 11) is 0. The van der Waals surface area contributed by atoms with E-state index >= 15 is 0 Å². The first kappa shape index (κ1) is 10.7. The second kappa shape index (κ2) is 4.00. The molecule has 0 fully saturated rings. The van der Waals surface area contributed by atoms with E-state index in [0.717, 1.165) is 17.9 Å². The molecule has 3 nitrogen and oxygen atoms in total. The van der Waals surface area contributed by atoms with E-state index in [4.69, 9.17) is 5.73 Å². The van der Waals surface area contributed by atoms with E-state index in [9.17, 15) is 0 Å². The lowest BCUT2D eigenvalue weighted by atomic mass is 10.0. The molecule has 0 aliphatic heterocycles. The second-order valence-corrected chi connectivity index (χ2v) is 4.24. The summed E-state index contributed by atoms with van der Waals surface area (Å²) in [5.74, 6) is 0.752. The Kier molecular flexibility index (Phi) is 2.69. The van der Waals surface area contributed by atoms with Gasteiger partial charge in [0.2, 0.25) is 0 Å². The third-order valence-corrected chi connectivity index (χ3v) is 3.03. The minimum Gasteiger partial charge on any atom is -0.384 e. The van der Waals surface area contributed by atoms with Crippen molar-refractivity contribution in [3.05, 3.63) is 46.6 Å². The molecule has 0 bridgehead atoms. The van der Waals surface area contributed by atoms with Crippen LogP contribution in [0.25, 0.3) is 0 Å². The van der Waals surface area contributed by atoms with Crippen LogP contribution in [0.4, 0.5) is 5.82 Å². The number of nitrogens with zero attached hydrogens (tertiary/aromatic N) is 2. The van der Waals surface area contributed by atoms with Crippen LogP contribution in [0, 0.1) is 20.8 Å². The molecule has 16 heavy (non-hydrogen) atoms. The number of hydrogen-bond donors (Lipinski definition) is 1. The van der Waals surface area contributed by atoms with Crippen LogP contribution in [0.2, 0.25) is 0 Å². The molecule has 0 spiro atoms. The molecule has 0 saturated carbocycles. The van der Waals surface area contributed by atoms with E-state index in [1.165, 1.54) is 16.7 Å². The molecule has 0 radical (unpaired) electrons. The molecule has 2 N–H and O–H groups in total. The maximum Gasteiger partial charge on any atom is 0.124 e. The normalized spacial score (nSPS) is 10.7. The predicted molar refractivity (Wildman–Crippen MR) is 66.4 cm³/mol. The SMILES string of the molecule is Cc1cccc(C)c1Cn1ncc(C)c1N. The van der Waals surface area contributed by atoms with Crippen molar-refractivity contribution in [3.63, 3.8) is 0 Å². The Balaban J connectivity index is 2.38. The van der Waals surface area contributed by atoms with Crippen LogP contribution < -0.4 is 5.73 Å². The predicted octanol–water partition coefficient (Wildman–Crippen LogP) is 2.44. The first-order valence-corrected chi connectivity index (χ1v) is 5.42. The Labute approximate surface area is 95.9 Å². The van der Waals surface area contributed by atoms with Gasteiger partial charge >= 0.3 is 0 Å². The molecule has 0 unspecified atom stereocenters. The molecule has 0 aliphatic rings. The standard InChI is InChI=1S/C13H17N3/c1-9-5-4-6-10(2)12(9)8-16-13(14)11(3)7-15-16/h4-7H,8,14H2,1-3H3. The highest BCUT2D eigenvalue weighted by molar-refractivity contribution is 5.40. The molecule has 2 aromatic rings. The number of benzene rings is 1. The van der Waals surface area contributed by atoms with Gasteiger partial charge in [0, 0.05) is 5.56 Å². The molecular weight excluding hydrogens is 198 g/mol. The monoisotopic (exact) mass is 215 g/mol. The fourth-order valence-corrected chi connectivity index (χ4v) is 1.86. The van der Waals surface area contributed by atoms with E-state index in [2.05, 4.69) is 37.1 Å². The first-order valence-electron chi connectivity index (χ1n) is 5.42. The van der Waals surface area contributed by atoms with Crippen molar-refractivity contribution in [1.29, 1.82) is 0 Å². The summed E-state index contributed by atoms with van der Waals surface area (Å²) in [6.07, 6.45) is 1.81. The highest BCUT2D eigenvalue weighted by Gasteiger charge is 2.07. The van der Waals surface area contributed by atoms with E-state index in [1.807, 2.05) is 17.8 Å². The van der Waals surface area contributed by atoms with Crippen molar-refractivity contribution < 1.29 is 0 Å². The Bertz CT molecular complexity index is 492. The summed E-state index contributed by atoms with van der Waals surface area (Å²) in [5, 5.41) is 4.28. The lowest BCUT2D eigenvalue weighted by molar-refractivity contribution is 0.691. The average Bonchev–Trinajstić information content (AvgIpc) is 2.55. The molecule has 84 valence electrons. The van der Waals surface area contributed by atoms with Crippen molar-refractivity contribution in [2.45, 2.75) is 27.3 Å². The average molecular weight is 215 g/mol. The molecule has 3 heteroatoms. The van der Waals surface area contributed by atoms with Gasteiger partial charge in [0.25, 0.3) is 0 Å². The van der Waals surface area contributed by atoms with Crippen molar-refractivity contribution in [2.24, 2.45) is 0 Å². The smallest absolute Gasteiger partial charge is 0.124 e. The zero-order valence-electron chi connectivity index (χ0n) is 9.99. The highest BCUT2D eigenvalue weighted by Crippen LogP contribution is 2.17. The molecule has 0 atom stereocenters. The van der Waals surface area contributed by atoms with Gasteiger partial charge in [-0.25, -0.2) is 4.68 Å². The van der Waals surface area contributed by atoms with E-state index in [-0.39, 0.29) is 0 Å². The van der Waals surface area contributed by atoms with E-state index in [0.29, 0.717) is 0 Å². The van der Waals surface area contributed by atoms with Crippen molar-refractivity contribution in [3.8, 4) is 0 Å². The minimum absolute atomic E-state index is 0.748. The lowest BCUT2D eigenvalue weighted by Gasteiger charge is -2.10. The number of nitrogens with two attached hydrogens (primary N) is 1. The summed E-state index contributed by atoms with van der Waals surface area (Å²) in [4.78, 5) is 0. The number of aromatic nitrogens is 2. The molecule has 1 heterocycles. The van der Waals surface area contributed by atoms with Gasteiger partial charge in [-0.15, -0.1) is 0 Å². The maximum atomic E-state index is 5.95. The minimum atomic E-state index is 0.748. The van der Waals surface area contributed by atoms with Crippen LogP contribution in [0.1, 0.15) is 22.3 Å². The Morgan fingerprint density at radius 2 is 1.75 bits per heavy atom. The summed E-state index contributed by atoms with van der Waals surface area (Å²) >= 11 is 0. The third kappa shape index (κ3) is 1.81. The summed E-state index contributed by atoms with van der Waals surface area (Å²) < 4.78 is 1.85. The molecule has 1 aromatic heterocycles. The quantitative estimate of drug-likeness (QED) is 0.836. The Morgan fingerprint density at radius 3 is 2.25 bits per heavy atom. The number of anilines is 1. The van der Waals surface area contributed by atoms with Gasteiger partial charge in [-0.2, -0.15) is 5.10 Å². The van der Waals surface area contributed by atoms with Crippen molar-refractivity contribution >= 4 is 5.82 Å². The Hall–Kier alpha value is -1.77. The summed E-state index contributed by atoms with van der Waals surface area (Å²) in [6, 6.07) is 6.32. The second-order valence-electron chi connectivity index (χ2n) is 4.24. The van der Waals surface area contributed by atoms with Crippen molar-refractivity contribution in [2.75, 3.05) is 5.73 Å². The van der Waals surface area contributed by atoms with Gasteiger partial charge in [-0.05, 0) is 37.5 Å². The highest BCUT2D eigenvalue weighted by atomic mass is 15.3. The van der Waals surface area contributed by atoms with Crippen LogP contribution in [-0.4, -0.2) is 9.78 Å². The topological polar surface area (TPSA) is 43.8 Å². The van der Waals surface area contributed by atoms with Gasteiger partial charge < -0.3 is 5.73 Å². The number of hydrogen-bond acceptors (Lipinski definition) is 2. The number of rotatable bonds is 2. The fourth-order valence-electron chi connectivity index (χ4n) is 1.86. The van der Waals surface area contributed by atoms with Gasteiger partial charge in [0.05, 0.1) is 12.7 Å². The van der Waals surface area contributed by atoms with Gasteiger partial charge in [0.1, 0.15) is 5.82 Å². The molecule has 0 saturated heterocycles. The van der Waals surface area contributed by atoms with Crippen molar-refractivity contribution in [1.82, 2.24) is 9.78 Å². The van der Waals surface area contributed by atoms with Gasteiger partial charge in [0.15, 0.2) is 0 Å². The van der Waals surface area contributed by atoms with Crippen LogP contribution in [-0.2, 0) is 6.54 Å². The maximum absolute atomic E-state index is 5.95. The molecular formula is C13H17N3. The lowest BCUT2D eigenvalue weighted by Crippen LogP contribution is -2.08. The third-order valence-electron chi connectivity index (χ3n) is 3.03. The zero-order valence-corrected chi connectivity index (χ0v) is 9.99. The van der Waals surface area contributed by atoms with Crippen LogP contribution in [0.3, 0.4) is 0 Å². The fraction of sp³-hybridized carbons (Fsp3) is 0.308. The van der Waals surface area contributed by atoms with E-state index in [1.54, 1.807) is 0 Å². The molecule has 1 aromatic carbocycles. The zero-order chi connectivity index (χ0) is 11.7. The molecule has 2 rings (SSSR count). The van der Waals surface area contributed by atoms with Crippen LogP contribution >= 0.6 is 0 Å². The van der Waals surface area contributed by atoms with Gasteiger partial charge in [-0.1, -0.05) is 18.2 Å². The summed E-state index contributed by atoms with van der Waals surface area (Å²) in [6.45, 7) is 6.96. The molecule has 0 amide bonds. The largest absolute Gasteiger partial charge is 0.384 e. The van der Waals surface area contributed by atoms with Crippen LogP contribution in [0.5, 0.6) is 0 Å². The van der Waals surface area contributed by atoms with Gasteiger partial charge in [-0.3, -0.25) is 0 Å². The number of nitrogen functional groups attached to an aromatic ring is 1. The Morgan fingerprint density at radius 1 is 1.12 bits per heavy atom. The number of aryl methyl sites for hydroxylation is 3. The first-order chi connectivity index (χ1) is 7.59.